The Labute approximate surface area is 128 Å². The average Bonchev–Trinajstić information content (AvgIpc) is 2.87. The van der Waals surface area contributed by atoms with Crippen molar-refractivity contribution in [3.05, 3.63) is 34.9 Å². The van der Waals surface area contributed by atoms with Crippen molar-refractivity contribution < 1.29 is 13.2 Å². The summed E-state index contributed by atoms with van der Waals surface area (Å²) in [6.45, 7) is 4.10. The van der Waals surface area contributed by atoms with E-state index in [2.05, 4.69) is 15.6 Å². The van der Waals surface area contributed by atoms with Crippen LogP contribution in [-0.2, 0) is 0 Å². The number of rotatable bonds is 4. The minimum absolute atomic E-state index is 0. The van der Waals surface area contributed by atoms with Crippen molar-refractivity contribution in [3.8, 4) is 0 Å². The molecule has 118 valence electrons. The molecule has 1 aliphatic heterocycles. The van der Waals surface area contributed by atoms with Crippen molar-refractivity contribution in [1.29, 1.82) is 0 Å². The van der Waals surface area contributed by atoms with E-state index in [1.165, 1.54) is 0 Å². The predicted molar refractivity (Wildman–Crippen MR) is 80.3 cm³/mol. The number of nitrogens with zero attached hydrogens (tertiary/aromatic N) is 1. The molecule has 0 bridgehead atoms. The van der Waals surface area contributed by atoms with Crippen LogP contribution in [-0.4, -0.2) is 31.6 Å². The van der Waals surface area contributed by atoms with E-state index in [0.29, 0.717) is 18.9 Å². The molecular formula is C14H19ClF3N3. The average molecular weight is 322 g/mol. The fourth-order valence-electron chi connectivity index (χ4n) is 2.27. The first-order valence-corrected chi connectivity index (χ1v) is 6.53. The minimum atomic E-state index is -4.24. The highest BCUT2D eigenvalue weighted by atomic mass is 35.5. The van der Waals surface area contributed by atoms with Crippen LogP contribution in [0.25, 0.3) is 0 Å². The van der Waals surface area contributed by atoms with Gasteiger partial charge in [0.15, 0.2) is 0 Å². The molecule has 1 unspecified atom stereocenters. The minimum Gasteiger partial charge on any atom is -0.370 e. The molecule has 0 amide bonds. The molecule has 0 aliphatic carbocycles. The normalized spacial score (nSPS) is 16.0. The number of aliphatic imine (C=N–C) groups is 1. The highest BCUT2D eigenvalue weighted by molar-refractivity contribution is 5.90. The largest absolute Gasteiger partial charge is 0.401 e. The second-order valence-electron chi connectivity index (χ2n) is 4.91. The van der Waals surface area contributed by atoms with Crippen LogP contribution in [0.1, 0.15) is 22.7 Å². The molecule has 3 nitrogen and oxygen atoms in total. The Morgan fingerprint density at radius 1 is 1.33 bits per heavy atom. The Kier molecular flexibility index (Phi) is 6.04. The zero-order valence-corrected chi connectivity index (χ0v) is 12.7. The Morgan fingerprint density at radius 2 is 2.05 bits per heavy atom. The van der Waals surface area contributed by atoms with E-state index < -0.39 is 18.8 Å². The quantitative estimate of drug-likeness (QED) is 0.894. The first-order valence-electron chi connectivity index (χ1n) is 6.53. The Balaban J connectivity index is 0.00000220. The van der Waals surface area contributed by atoms with Crippen LogP contribution in [0.2, 0.25) is 0 Å². The van der Waals surface area contributed by atoms with Crippen LogP contribution in [0.3, 0.4) is 0 Å². The van der Waals surface area contributed by atoms with Gasteiger partial charge in [0.1, 0.15) is 5.84 Å². The van der Waals surface area contributed by atoms with E-state index >= 15 is 0 Å². The molecule has 7 heteroatoms. The molecule has 2 rings (SSSR count). The van der Waals surface area contributed by atoms with Gasteiger partial charge in [0.05, 0.1) is 19.1 Å². The highest BCUT2D eigenvalue weighted by Gasteiger charge is 2.31. The zero-order valence-electron chi connectivity index (χ0n) is 11.9. The Morgan fingerprint density at radius 3 is 2.62 bits per heavy atom. The molecule has 1 heterocycles. The summed E-state index contributed by atoms with van der Waals surface area (Å²) in [4.78, 5) is 4.26. The van der Waals surface area contributed by atoms with Crippen molar-refractivity contribution >= 4 is 18.2 Å². The molecule has 0 fully saturated rings. The molecule has 1 aromatic carbocycles. The second-order valence-corrected chi connectivity index (χ2v) is 4.91. The molecule has 0 saturated carbocycles. The maximum Gasteiger partial charge on any atom is 0.401 e. The van der Waals surface area contributed by atoms with Gasteiger partial charge < -0.3 is 5.32 Å². The molecule has 0 spiro atoms. The number of hydrogen-bond donors (Lipinski definition) is 2. The molecule has 1 aliphatic rings. The molecule has 1 aromatic rings. The number of hydrogen-bond acceptors (Lipinski definition) is 3. The van der Waals surface area contributed by atoms with Gasteiger partial charge in [-0.1, -0.05) is 18.2 Å². The summed E-state index contributed by atoms with van der Waals surface area (Å²) >= 11 is 0. The lowest BCUT2D eigenvalue weighted by Gasteiger charge is -2.23. The molecule has 21 heavy (non-hydrogen) atoms. The number of amidine groups is 1. The lowest BCUT2D eigenvalue weighted by Crippen LogP contribution is -2.40. The number of nitrogens with one attached hydrogen (secondary N) is 2. The first kappa shape index (κ1) is 17.8. The van der Waals surface area contributed by atoms with E-state index in [1.807, 2.05) is 32.0 Å². The van der Waals surface area contributed by atoms with Gasteiger partial charge in [-0.3, -0.25) is 10.3 Å². The van der Waals surface area contributed by atoms with E-state index in [4.69, 9.17) is 0 Å². The standard InChI is InChI=1S/C14H18F3N3.ClH/c1-9-4-3-5-11(10(9)2)12(13-18-6-7-19-13)20-8-14(15,16)17;/h3-5,12,20H,6-8H2,1-2H3,(H,18,19);1H. The van der Waals surface area contributed by atoms with Crippen LogP contribution >= 0.6 is 12.4 Å². The third kappa shape index (κ3) is 4.61. The van der Waals surface area contributed by atoms with Gasteiger partial charge in [0, 0.05) is 6.54 Å². The van der Waals surface area contributed by atoms with Gasteiger partial charge >= 0.3 is 6.18 Å². The van der Waals surface area contributed by atoms with Crippen LogP contribution in [0, 0.1) is 13.8 Å². The fraction of sp³-hybridized carbons (Fsp3) is 0.500. The lowest BCUT2D eigenvalue weighted by atomic mass is 9.96. The predicted octanol–water partition coefficient (Wildman–Crippen LogP) is 2.92. The molecule has 1 atom stereocenters. The van der Waals surface area contributed by atoms with Gasteiger partial charge in [-0.15, -0.1) is 12.4 Å². The topological polar surface area (TPSA) is 36.4 Å². The van der Waals surface area contributed by atoms with Crippen molar-refractivity contribution in [2.75, 3.05) is 19.6 Å². The summed E-state index contributed by atoms with van der Waals surface area (Å²) in [5.74, 6) is 0.586. The summed E-state index contributed by atoms with van der Waals surface area (Å²) in [6.07, 6.45) is -4.24. The van der Waals surface area contributed by atoms with Crippen LogP contribution in [0.4, 0.5) is 13.2 Å². The van der Waals surface area contributed by atoms with E-state index in [1.54, 1.807) is 0 Å². The molecular weight excluding hydrogens is 303 g/mol. The van der Waals surface area contributed by atoms with E-state index in [-0.39, 0.29) is 12.4 Å². The van der Waals surface area contributed by atoms with Crippen molar-refractivity contribution in [2.24, 2.45) is 4.99 Å². The van der Waals surface area contributed by atoms with Gasteiger partial charge in [0.2, 0.25) is 0 Å². The smallest absolute Gasteiger partial charge is 0.370 e. The maximum absolute atomic E-state index is 12.5. The molecule has 0 aromatic heterocycles. The number of halogens is 4. The first-order chi connectivity index (χ1) is 9.38. The summed E-state index contributed by atoms with van der Waals surface area (Å²) in [5, 5.41) is 5.63. The number of aryl methyl sites for hydroxylation is 1. The Hall–Kier alpha value is -1.27. The van der Waals surface area contributed by atoms with Crippen molar-refractivity contribution in [2.45, 2.75) is 26.1 Å². The SMILES string of the molecule is Cc1cccc(C(NCC(F)(F)F)C2=NCCN2)c1C.Cl. The highest BCUT2D eigenvalue weighted by Crippen LogP contribution is 2.23. The summed E-state index contributed by atoms with van der Waals surface area (Å²) in [7, 11) is 0. The molecule has 2 N–H and O–H groups in total. The summed E-state index contributed by atoms with van der Waals surface area (Å²) in [5.41, 5.74) is 2.88. The van der Waals surface area contributed by atoms with Gasteiger partial charge in [0.25, 0.3) is 0 Å². The fourth-order valence-corrected chi connectivity index (χ4v) is 2.27. The van der Waals surface area contributed by atoms with Crippen molar-refractivity contribution in [3.63, 3.8) is 0 Å². The van der Waals surface area contributed by atoms with E-state index in [0.717, 1.165) is 16.7 Å². The van der Waals surface area contributed by atoms with Gasteiger partial charge in [-0.2, -0.15) is 13.2 Å². The maximum atomic E-state index is 12.5. The molecule has 0 radical (unpaired) electrons. The van der Waals surface area contributed by atoms with Gasteiger partial charge in [-0.25, -0.2) is 0 Å². The van der Waals surface area contributed by atoms with Crippen LogP contribution in [0.5, 0.6) is 0 Å². The molecule has 0 saturated heterocycles. The zero-order chi connectivity index (χ0) is 14.8. The third-order valence-electron chi connectivity index (χ3n) is 3.44. The number of alkyl halides is 3. The van der Waals surface area contributed by atoms with Crippen LogP contribution in [0.15, 0.2) is 23.2 Å². The van der Waals surface area contributed by atoms with Crippen molar-refractivity contribution in [1.82, 2.24) is 10.6 Å². The second kappa shape index (κ2) is 7.13. The van der Waals surface area contributed by atoms with Gasteiger partial charge in [-0.05, 0) is 30.5 Å². The number of benzene rings is 1. The monoisotopic (exact) mass is 321 g/mol. The Bertz CT molecular complexity index is 515. The lowest BCUT2D eigenvalue weighted by molar-refractivity contribution is -0.125. The van der Waals surface area contributed by atoms with E-state index in [9.17, 15) is 13.2 Å². The van der Waals surface area contributed by atoms with Crippen LogP contribution < -0.4 is 10.6 Å². The third-order valence-corrected chi connectivity index (χ3v) is 3.44. The summed E-state index contributed by atoms with van der Waals surface area (Å²) < 4.78 is 37.4. The summed E-state index contributed by atoms with van der Waals surface area (Å²) in [6, 6.07) is 5.11.